The lowest BCUT2D eigenvalue weighted by Gasteiger charge is -2.10. The van der Waals surface area contributed by atoms with Crippen molar-refractivity contribution in [1.29, 1.82) is 0 Å². The summed E-state index contributed by atoms with van der Waals surface area (Å²) >= 11 is 8.89. The molecule has 0 aliphatic heterocycles. The molecule has 0 saturated heterocycles. The van der Waals surface area contributed by atoms with Crippen molar-refractivity contribution >= 4 is 39.3 Å². The molecule has 0 unspecified atom stereocenters. The molecule has 0 N–H and O–H groups in total. The van der Waals surface area contributed by atoms with Gasteiger partial charge in [0.2, 0.25) is 0 Å². The standard InChI is InChI=1S/C13H14BrClO3/c1-2-18-13(17)6-9-4-3-5-12(14)11(9)7-10(16)8-15/h3-5H,2,6-8H2,1H3. The largest absolute Gasteiger partial charge is 0.466 e. The summed E-state index contributed by atoms with van der Waals surface area (Å²) < 4.78 is 5.71. The number of esters is 1. The summed E-state index contributed by atoms with van der Waals surface area (Å²) in [5.74, 6) is -0.399. The van der Waals surface area contributed by atoms with E-state index < -0.39 is 0 Å². The van der Waals surface area contributed by atoms with Crippen LogP contribution in [0.4, 0.5) is 0 Å². The molecule has 0 saturated carbocycles. The minimum absolute atomic E-state index is 0.0276. The second kappa shape index (κ2) is 7.54. The van der Waals surface area contributed by atoms with Crippen LogP contribution in [-0.4, -0.2) is 24.2 Å². The van der Waals surface area contributed by atoms with Gasteiger partial charge in [-0.05, 0) is 24.1 Å². The van der Waals surface area contributed by atoms with Gasteiger partial charge in [-0.15, -0.1) is 11.6 Å². The molecule has 1 aromatic carbocycles. The third kappa shape index (κ3) is 4.42. The van der Waals surface area contributed by atoms with Crippen LogP contribution in [0.25, 0.3) is 0 Å². The van der Waals surface area contributed by atoms with Gasteiger partial charge in [0.05, 0.1) is 18.9 Å². The molecular weight excluding hydrogens is 319 g/mol. The predicted molar refractivity (Wildman–Crippen MR) is 73.9 cm³/mol. The van der Waals surface area contributed by atoms with E-state index in [1.165, 1.54) is 0 Å². The Labute approximate surface area is 120 Å². The summed E-state index contributed by atoms with van der Waals surface area (Å²) in [4.78, 5) is 22.9. The molecule has 0 fully saturated rings. The van der Waals surface area contributed by atoms with Crippen molar-refractivity contribution in [3.8, 4) is 0 Å². The van der Waals surface area contributed by atoms with Crippen LogP contribution < -0.4 is 0 Å². The maximum atomic E-state index is 11.5. The highest BCUT2D eigenvalue weighted by molar-refractivity contribution is 9.10. The summed E-state index contributed by atoms with van der Waals surface area (Å²) in [6.07, 6.45) is 0.387. The zero-order chi connectivity index (χ0) is 13.5. The van der Waals surface area contributed by atoms with Gasteiger partial charge in [0, 0.05) is 10.9 Å². The number of carbonyl (C=O) groups is 2. The molecule has 0 aliphatic carbocycles. The van der Waals surface area contributed by atoms with E-state index in [2.05, 4.69) is 15.9 Å². The lowest BCUT2D eigenvalue weighted by atomic mass is 10.0. The first-order valence-electron chi connectivity index (χ1n) is 5.58. The van der Waals surface area contributed by atoms with Gasteiger partial charge >= 0.3 is 5.97 Å². The van der Waals surface area contributed by atoms with E-state index in [0.29, 0.717) is 6.61 Å². The molecule has 0 bridgehead atoms. The Kier molecular flexibility index (Phi) is 6.36. The van der Waals surface area contributed by atoms with Gasteiger partial charge in [-0.2, -0.15) is 0 Å². The number of halogens is 2. The van der Waals surface area contributed by atoms with Gasteiger partial charge in [-0.1, -0.05) is 28.1 Å². The van der Waals surface area contributed by atoms with Gasteiger partial charge in [-0.25, -0.2) is 0 Å². The molecule has 0 aliphatic rings. The molecule has 0 heterocycles. The first kappa shape index (κ1) is 15.2. The first-order chi connectivity index (χ1) is 8.58. The van der Waals surface area contributed by atoms with Gasteiger partial charge in [-0.3, -0.25) is 9.59 Å². The summed E-state index contributed by atoms with van der Waals surface area (Å²) in [6, 6.07) is 5.48. The number of Topliss-reactive ketones (excluding diaryl/α,β-unsaturated/α-hetero) is 1. The second-order valence-corrected chi connectivity index (χ2v) is 4.83. The van der Waals surface area contributed by atoms with E-state index >= 15 is 0 Å². The summed E-state index contributed by atoms with van der Waals surface area (Å²) in [6.45, 7) is 2.11. The molecule has 1 rings (SSSR count). The van der Waals surface area contributed by atoms with Crippen LogP contribution in [-0.2, 0) is 27.2 Å². The molecule has 0 spiro atoms. The Morgan fingerprint density at radius 3 is 2.67 bits per heavy atom. The SMILES string of the molecule is CCOC(=O)Cc1cccc(Br)c1CC(=O)CCl. The maximum absolute atomic E-state index is 11.5. The molecule has 3 nitrogen and oxygen atoms in total. The van der Waals surface area contributed by atoms with E-state index in [1.54, 1.807) is 6.92 Å². The van der Waals surface area contributed by atoms with Crippen LogP contribution in [0.15, 0.2) is 22.7 Å². The molecular formula is C13H14BrClO3. The number of benzene rings is 1. The molecule has 0 amide bonds. The number of ether oxygens (including phenoxy) is 1. The van der Waals surface area contributed by atoms with Crippen molar-refractivity contribution in [3.05, 3.63) is 33.8 Å². The zero-order valence-electron chi connectivity index (χ0n) is 10.0. The summed E-state index contributed by atoms with van der Waals surface area (Å²) in [7, 11) is 0. The smallest absolute Gasteiger partial charge is 0.310 e. The van der Waals surface area contributed by atoms with Crippen LogP contribution in [0.3, 0.4) is 0 Å². The number of rotatable bonds is 6. The topological polar surface area (TPSA) is 43.4 Å². The predicted octanol–water partition coefficient (Wildman–Crippen LogP) is 2.91. The Hall–Kier alpha value is -0.870. The molecule has 1 aromatic rings. The lowest BCUT2D eigenvalue weighted by Crippen LogP contribution is -2.12. The maximum Gasteiger partial charge on any atom is 0.310 e. The molecule has 0 aromatic heterocycles. The Morgan fingerprint density at radius 1 is 1.33 bits per heavy atom. The van der Waals surface area contributed by atoms with Crippen molar-refractivity contribution in [1.82, 2.24) is 0 Å². The fourth-order valence-corrected chi connectivity index (χ4v) is 2.22. The molecule has 18 heavy (non-hydrogen) atoms. The normalized spacial score (nSPS) is 10.2. The number of carbonyl (C=O) groups excluding carboxylic acids is 2. The highest BCUT2D eigenvalue weighted by Crippen LogP contribution is 2.22. The summed E-state index contributed by atoms with van der Waals surface area (Å²) in [5.41, 5.74) is 1.59. The highest BCUT2D eigenvalue weighted by atomic mass is 79.9. The van der Waals surface area contributed by atoms with Crippen LogP contribution >= 0.6 is 27.5 Å². The average Bonchev–Trinajstić information content (AvgIpc) is 2.33. The minimum atomic E-state index is -0.296. The van der Waals surface area contributed by atoms with Gasteiger partial charge in [0.15, 0.2) is 5.78 Å². The third-order valence-electron chi connectivity index (χ3n) is 2.38. The Bertz CT molecular complexity index is 446. The molecule has 0 atom stereocenters. The van der Waals surface area contributed by atoms with Crippen molar-refractivity contribution in [3.63, 3.8) is 0 Å². The second-order valence-electron chi connectivity index (χ2n) is 3.71. The highest BCUT2D eigenvalue weighted by Gasteiger charge is 2.14. The van der Waals surface area contributed by atoms with E-state index in [4.69, 9.17) is 16.3 Å². The van der Waals surface area contributed by atoms with Crippen LogP contribution in [0, 0.1) is 0 Å². The monoisotopic (exact) mass is 332 g/mol. The number of hydrogen-bond donors (Lipinski definition) is 0. The zero-order valence-corrected chi connectivity index (χ0v) is 12.4. The van der Waals surface area contributed by atoms with Crippen molar-refractivity contribution in [2.75, 3.05) is 12.5 Å². The fraction of sp³-hybridized carbons (Fsp3) is 0.385. The van der Waals surface area contributed by atoms with Crippen LogP contribution in [0.1, 0.15) is 18.1 Å². The molecule has 98 valence electrons. The average molecular weight is 334 g/mol. The van der Waals surface area contributed by atoms with E-state index in [9.17, 15) is 9.59 Å². The fourth-order valence-electron chi connectivity index (χ4n) is 1.58. The van der Waals surface area contributed by atoms with Gasteiger partial charge in [0.1, 0.15) is 0 Å². The Morgan fingerprint density at radius 2 is 2.06 bits per heavy atom. The van der Waals surface area contributed by atoms with Crippen molar-refractivity contribution < 1.29 is 14.3 Å². The number of ketones is 1. The Balaban J connectivity index is 2.93. The summed E-state index contributed by atoms with van der Waals surface area (Å²) in [5, 5.41) is 0. The molecule has 5 heteroatoms. The van der Waals surface area contributed by atoms with E-state index in [-0.39, 0.29) is 30.5 Å². The lowest BCUT2D eigenvalue weighted by molar-refractivity contribution is -0.142. The van der Waals surface area contributed by atoms with Crippen molar-refractivity contribution in [2.24, 2.45) is 0 Å². The first-order valence-corrected chi connectivity index (χ1v) is 6.90. The van der Waals surface area contributed by atoms with E-state index in [1.807, 2.05) is 18.2 Å². The third-order valence-corrected chi connectivity index (χ3v) is 3.42. The van der Waals surface area contributed by atoms with Gasteiger partial charge < -0.3 is 4.74 Å². The number of alkyl halides is 1. The van der Waals surface area contributed by atoms with Gasteiger partial charge in [0.25, 0.3) is 0 Å². The van der Waals surface area contributed by atoms with Crippen LogP contribution in [0.5, 0.6) is 0 Å². The molecule has 0 radical (unpaired) electrons. The number of hydrogen-bond acceptors (Lipinski definition) is 3. The van der Waals surface area contributed by atoms with E-state index in [0.717, 1.165) is 15.6 Å². The quantitative estimate of drug-likeness (QED) is 0.594. The van der Waals surface area contributed by atoms with Crippen LogP contribution in [0.2, 0.25) is 0 Å². The van der Waals surface area contributed by atoms with Crippen molar-refractivity contribution in [2.45, 2.75) is 19.8 Å². The minimum Gasteiger partial charge on any atom is -0.466 e.